The number of hydrogen-bond donors (Lipinski definition) is 2. The van der Waals surface area contributed by atoms with Crippen LogP contribution in [0.4, 0.5) is 0 Å². The maximum atomic E-state index is 4.97. The molecule has 4 heteroatoms. The normalized spacial score (nSPS) is 21.1. The zero-order valence-corrected chi connectivity index (χ0v) is 9.31. The molecule has 0 aromatic rings. The quantitative estimate of drug-likeness (QED) is 0.323. The molecule has 1 rings (SSSR count). The summed E-state index contributed by atoms with van der Waals surface area (Å²) < 4.78 is 0. The van der Waals surface area contributed by atoms with Crippen molar-refractivity contribution in [1.29, 1.82) is 0 Å². The summed E-state index contributed by atoms with van der Waals surface area (Å²) in [5.74, 6) is 0.567. The largest absolute Gasteiger partial charge is 0.362 e. The van der Waals surface area contributed by atoms with Crippen LogP contribution in [0.25, 0.3) is 0 Å². The Morgan fingerprint density at radius 3 is 3.14 bits per heavy atom. The summed E-state index contributed by atoms with van der Waals surface area (Å²) in [5, 5.41) is 7.67. The van der Waals surface area contributed by atoms with E-state index in [1.54, 1.807) is 0 Å². The molecule has 0 saturated heterocycles. The van der Waals surface area contributed by atoms with Crippen molar-refractivity contribution in [2.45, 2.75) is 26.2 Å². The van der Waals surface area contributed by atoms with E-state index in [1.165, 1.54) is 6.42 Å². The topological polar surface area (TPSA) is 36.4 Å². The van der Waals surface area contributed by atoms with Crippen molar-refractivity contribution in [3.8, 4) is 0 Å². The first-order valence-corrected chi connectivity index (χ1v) is 5.45. The number of rotatable bonds is 3. The van der Waals surface area contributed by atoms with Crippen molar-refractivity contribution in [3.63, 3.8) is 0 Å². The van der Waals surface area contributed by atoms with E-state index in [-0.39, 0.29) is 0 Å². The van der Waals surface area contributed by atoms with E-state index >= 15 is 0 Å². The molecule has 1 aliphatic carbocycles. The molecule has 0 bridgehead atoms. The molecular formula is C10H17N3S. The number of nitrogens with one attached hydrogen (secondary N) is 2. The van der Waals surface area contributed by atoms with Gasteiger partial charge >= 0.3 is 0 Å². The second-order valence-corrected chi connectivity index (χ2v) is 3.70. The molecule has 14 heavy (non-hydrogen) atoms. The predicted octanol–water partition coefficient (Wildman–Crippen LogP) is 1.81. The highest BCUT2D eigenvalue weighted by Gasteiger charge is 2.05. The molecule has 0 aliphatic heterocycles. The van der Waals surface area contributed by atoms with Gasteiger partial charge in [-0.25, -0.2) is 0 Å². The molecule has 0 saturated carbocycles. The minimum atomic E-state index is 0.567. The van der Waals surface area contributed by atoms with Gasteiger partial charge in [-0.3, -0.25) is 5.43 Å². The Bertz CT molecular complexity index is 236. The highest BCUT2D eigenvalue weighted by atomic mass is 32.1. The van der Waals surface area contributed by atoms with Crippen LogP contribution in [0.1, 0.15) is 26.2 Å². The van der Waals surface area contributed by atoms with Gasteiger partial charge in [0.15, 0.2) is 5.11 Å². The standard InChI is InChI=1S/C10H17N3S/c1-2-11-10(14)13-12-8-9-6-4-3-5-7-9/h3-4,8-9H,2,5-7H2,1H3,(H2,11,13,14)/b12-8+. The van der Waals surface area contributed by atoms with Gasteiger partial charge in [0.1, 0.15) is 0 Å². The molecule has 2 N–H and O–H groups in total. The van der Waals surface area contributed by atoms with E-state index < -0.39 is 0 Å². The zero-order chi connectivity index (χ0) is 10.2. The Morgan fingerprint density at radius 1 is 1.64 bits per heavy atom. The minimum absolute atomic E-state index is 0.567. The van der Waals surface area contributed by atoms with Crippen LogP contribution < -0.4 is 10.7 Å². The van der Waals surface area contributed by atoms with E-state index in [0.29, 0.717) is 11.0 Å². The van der Waals surface area contributed by atoms with Gasteiger partial charge in [0, 0.05) is 12.8 Å². The van der Waals surface area contributed by atoms with E-state index in [0.717, 1.165) is 19.4 Å². The molecule has 1 aliphatic rings. The predicted molar refractivity (Wildman–Crippen MR) is 64.4 cm³/mol. The molecule has 0 aromatic carbocycles. The lowest BCUT2D eigenvalue weighted by atomic mass is 9.96. The first-order chi connectivity index (χ1) is 6.83. The average molecular weight is 211 g/mol. The van der Waals surface area contributed by atoms with E-state index in [2.05, 4.69) is 28.0 Å². The Morgan fingerprint density at radius 2 is 2.50 bits per heavy atom. The van der Waals surface area contributed by atoms with Crippen molar-refractivity contribution in [2.24, 2.45) is 11.0 Å². The second-order valence-electron chi connectivity index (χ2n) is 3.29. The Labute approximate surface area is 90.7 Å². The first-order valence-electron chi connectivity index (χ1n) is 5.05. The van der Waals surface area contributed by atoms with Crippen molar-refractivity contribution < 1.29 is 0 Å². The van der Waals surface area contributed by atoms with Crippen molar-refractivity contribution in [1.82, 2.24) is 10.7 Å². The minimum Gasteiger partial charge on any atom is -0.362 e. The molecule has 1 unspecified atom stereocenters. The highest BCUT2D eigenvalue weighted by Crippen LogP contribution is 2.15. The molecular weight excluding hydrogens is 194 g/mol. The van der Waals surface area contributed by atoms with E-state index in [1.807, 2.05) is 13.1 Å². The maximum absolute atomic E-state index is 4.97. The fourth-order valence-corrected chi connectivity index (χ4v) is 1.55. The summed E-state index contributed by atoms with van der Waals surface area (Å²) in [7, 11) is 0. The fraction of sp³-hybridized carbons (Fsp3) is 0.600. The number of hydrazone groups is 1. The summed E-state index contributed by atoms with van der Waals surface area (Å²) in [5.41, 5.74) is 2.80. The third-order valence-electron chi connectivity index (χ3n) is 2.10. The van der Waals surface area contributed by atoms with Gasteiger partial charge in [0.25, 0.3) is 0 Å². The second kappa shape index (κ2) is 6.54. The van der Waals surface area contributed by atoms with Crippen LogP contribution in [0.15, 0.2) is 17.3 Å². The van der Waals surface area contributed by atoms with Crippen LogP contribution in [-0.4, -0.2) is 17.9 Å². The molecule has 0 spiro atoms. The summed E-state index contributed by atoms with van der Waals surface area (Å²) in [6.45, 7) is 2.83. The molecule has 0 radical (unpaired) electrons. The Balaban J connectivity index is 2.19. The molecule has 0 amide bonds. The third-order valence-corrected chi connectivity index (χ3v) is 2.33. The smallest absolute Gasteiger partial charge is 0.186 e. The lowest BCUT2D eigenvalue weighted by molar-refractivity contribution is 0.624. The molecule has 0 aromatic heterocycles. The van der Waals surface area contributed by atoms with Gasteiger partial charge in [-0.2, -0.15) is 5.10 Å². The van der Waals surface area contributed by atoms with Crippen LogP contribution in [0, 0.1) is 5.92 Å². The van der Waals surface area contributed by atoms with Crippen LogP contribution in [0.2, 0.25) is 0 Å². The summed E-state index contributed by atoms with van der Waals surface area (Å²) in [6, 6.07) is 0. The Kier molecular flexibility index (Phi) is 5.22. The number of hydrogen-bond acceptors (Lipinski definition) is 2. The first kappa shape index (κ1) is 11.2. The van der Waals surface area contributed by atoms with Crippen LogP contribution in [0.5, 0.6) is 0 Å². The van der Waals surface area contributed by atoms with Gasteiger partial charge in [0.2, 0.25) is 0 Å². The van der Waals surface area contributed by atoms with Gasteiger partial charge in [-0.15, -0.1) is 0 Å². The van der Waals surface area contributed by atoms with Crippen molar-refractivity contribution >= 4 is 23.5 Å². The van der Waals surface area contributed by atoms with Crippen LogP contribution in [-0.2, 0) is 0 Å². The van der Waals surface area contributed by atoms with Crippen LogP contribution in [0.3, 0.4) is 0 Å². The zero-order valence-electron chi connectivity index (χ0n) is 8.49. The summed E-state index contributed by atoms with van der Waals surface area (Å²) in [4.78, 5) is 0. The maximum Gasteiger partial charge on any atom is 0.186 e. The van der Waals surface area contributed by atoms with Gasteiger partial charge in [-0.1, -0.05) is 12.2 Å². The lowest BCUT2D eigenvalue weighted by Crippen LogP contribution is -2.31. The van der Waals surface area contributed by atoms with Crippen LogP contribution >= 0.6 is 12.2 Å². The highest BCUT2D eigenvalue weighted by molar-refractivity contribution is 7.80. The van der Waals surface area contributed by atoms with Crippen molar-refractivity contribution in [2.75, 3.05) is 6.54 Å². The van der Waals surface area contributed by atoms with Gasteiger partial charge in [-0.05, 0) is 44.3 Å². The Hall–Kier alpha value is -0.900. The number of allylic oxidation sites excluding steroid dienone is 2. The van der Waals surface area contributed by atoms with Gasteiger partial charge in [0.05, 0.1) is 0 Å². The third kappa shape index (κ3) is 4.37. The number of nitrogens with zero attached hydrogens (tertiary/aromatic N) is 1. The molecule has 0 heterocycles. The fourth-order valence-electron chi connectivity index (χ4n) is 1.35. The summed E-state index contributed by atoms with van der Waals surface area (Å²) >= 11 is 4.97. The molecule has 1 atom stereocenters. The van der Waals surface area contributed by atoms with E-state index in [9.17, 15) is 0 Å². The molecule has 78 valence electrons. The summed E-state index contributed by atoms with van der Waals surface area (Å²) in [6.07, 6.45) is 9.83. The lowest BCUT2D eigenvalue weighted by Gasteiger charge is -2.12. The average Bonchev–Trinajstić information content (AvgIpc) is 2.20. The molecule has 0 fully saturated rings. The monoisotopic (exact) mass is 211 g/mol. The molecule has 3 nitrogen and oxygen atoms in total. The van der Waals surface area contributed by atoms with E-state index in [4.69, 9.17) is 12.2 Å². The SMILES string of the molecule is CCNC(=S)N/N=C/C1CC=CCC1. The van der Waals surface area contributed by atoms with Crippen molar-refractivity contribution in [3.05, 3.63) is 12.2 Å². The number of thiocarbonyl (C=S) groups is 1. The van der Waals surface area contributed by atoms with Gasteiger partial charge < -0.3 is 5.32 Å².